The molecule has 0 saturated heterocycles. The summed E-state index contributed by atoms with van der Waals surface area (Å²) in [6.07, 6.45) is 2.63. The van der Waals surface area contributed by atoms with E-state index in [2.05, 4.69) is 26.6 Å². The summed E-state index contributed by atoms with van der Waals surface area (Å²) in [4.78, 5) is 22.9. The molecule has 1 saturated carbocycles. The van der Waals surface area contributed by atoms with Gasteiger partial charge >= 0.3 is 12.0 Å². The van der Waals surface area contributed by atoms with Crippen LogP contribution < -0.4 is 15.4 Å². The van der Waals surface area contributed by atoms with E-state index in [0.29, 0.717) is 32.2 Å². The van der Waals surface area contributed by atoms with E-state index < -0.39 is 5.97 Å². The second-order valence-corrected chi connectivity index (χ2v) is 6.53. The number of rotatable bonds is 5. The van der Waals surface area contributed by atoms with Crippen LogP contribution >= 0.6 is 15.9 Å². The van der Waals surface area contributed by atoms with Crippen LogP contribution in [0.15, 0.2) is 22.7 Å². The number of carboxylic acids is 1. The maximum Gasteiger partial charge on any atom is 0.315 e. The van der Waals surface area contributed by atoms with Crippen molar-refractivity contribution in [1.29, 1.82) is 0 Å². The summed E-state index contributed by atoms with van der Waals surface area (Å²) in [5.74, 6) is -0.281. The molecule has 0 aliphatic heterocycles. The number of nitrogens with one attached hydrogen (secondary N) is 2. The molecule has 0 unspecified atom stereocenters. The number of carboxylic acid groups (broad SMARTS) is 1. The lowest BCUT2D eigenvalue weighted by Crippen LogP contribution is -2.43. The summed E-state index contributed by atoms with van der Waals surface area (Å²) in [5, 5.41) is 14.7. The predicted molar refractivity (Wildman–Crippen MR) is 89.4 cm³/mol. The van der Waals surface area contributed by atoms with Crippen LogP contribution in [-0.4, -0.2) is 30.3 Å². The fraction of sp³-hybridized carbons (Fsp3) is 0.500. The Labute approximate surface area is 143 Å². The van der Waals surface area contributed by atoms with Gasteiger partial charge in [-0.25, -0.2) is 4.79 Å². The molecule has 6 nitrogen and oxygen atoms in total. The number of urea groups is 1. The molecule has 0 aromatic heterocycles. The van der Waals surface area contributed by atoms with Crippen molar-refractivity contribution in [1.82, 2.24) is 10.6 Å². The smallest absolute Gasteiger partial charge is 0.315 e. The Morgan fingerprint density at radius 1 is 1.30 bits per heavy atom. The second-order valence-electron chi connectivity index (χ2n) is 5.67. The van der Waals surface area contributed by atoms with Crippen LogP contribution in [0.1, 0.15) is 31.2 Å². The molecule has 2 amide bonds. The van der Waals surface area contributed by atoms with Gasteiger partial charge in [-0.3, -0.25) is 4.79 Å². The van der Waals surface area contributed by atoms with Crippen LogP contribution in [0.3, 0.4) is 0 Å². The van der Waals surface area contributed by atoms with Gasteiger partial charge < -0.3 is 20.5 Å². The number of hydrogen-bond acceptors (Lipinski definition) is 3. The fourth-order valence-corrected chi connectivity index (χ4v) is 3.10. The number of carbonyl (C=O) groups excluding carboxylic acids is 1. The van der Waals surface area contributed by atoms with Gasteiger partial charge in [0, 0.05) is 17.1 Å². The quantitative estimate of drug-likeness (QED) is 0.728. The van der Waals surface area contributed by atoms with E-state index in [1.165, 1.54) is 0 Å². The third kappa shape index (κ3) is 5.13. The van der Waals surface area contributed by atoms with E-state index >= 15 is 0 Å². The maximum atomic E-state index is 12.0. The molecule has 0 spiro atoms. The van der Waals surface area contributed by atoms with Gasteiger partial charge in [-0.2, -0.15) is 0 Å². The van der Waals surface area contributed by atoms with E-state index in [1.54, 1.807) is 7.11 Å². The van der Waals surface area contributed by atoms with Crippen LogP contribution in [-0.2, 0) is 11.3 Å². The van der Waals surface area contributed by atoms with Crippen LogP contribution in [0.25, 0.3) is 0 Å². The minimum absolute atomic E-state index is 0.0411. The average molecular weight is 385 g/mol. The van der Waals surface area contributed by atoms with Gasteiger partial charge in [0.15, 0.2) is 0 Å². The van der Waals surface area contributed by atoms with Gasteiger partial charge in [0.2, 0.25) is 0 Å². The van der Waals surface area contributed by atoms with Gasteiger partial charge in [-0.1, -0.05) is 15.9 Å². The Bertz CT molecular complexity index is 571. The molecule has 1 aromatic carbocycles. The number of hydrogen-bond donors (Lipinski definition) is 3. The highest BCUT2D eigenvalue weighted by Crippen LogP contribution is 2.24. The number of benzene rings is 1. The van der Waals surface area contributed by atoms with Crippen LogP contribution in [0, 0.1) is 5.92 Å². The zero-order valence-corrected chi connectivity index (χ0v) is 14.6. The standard InChI is InChI=1S/C16H21BrN2O4/c1-23-13-6-7-14(17)11(8-13)9-18-16(22)19-12-4-2-10(3-5-12)15(20)21/h6-8,10,12H,2-5,9H2,1H3,(H,20,21)(H2,18,19,22). The van der Waals surface area contributed by atoms with Gasteiger partial charge in [0.25, 0.3) is 0 Å². The minimum Gasteiger partial charge on any atom is -0.497 e. The van der Waals surface area contributed by atoms with Crippen molar-refractivity contribution in [3.63, 3.8) is 0 Å². The normalized spacial score (nSPS) is 20.6. The first kappa shape index (κ1) is 17.6. The van der Waals surface area contributed by atoms with E-state index in [0.717, 1.165) is 15.8 Å². The lowest BCUT2D eigenvalue weighted by molar-refractivity contribution is -0.142. The zero-order valence-electron chi connectivity index (χ0n) is 13.0. The van der Waals surface area contributed by atoms with Crippen LogP contribution in [0.4, 0.5) is 4.79 Å². The largest absolute Gasteiger partial charge is 0.497 e. The molecular formula is C16H21BrN2O4. The number of halogens is 1. The molecule has 0 heterocycles. The number of aliphatic carboxylic acids is 1. The topological polar surface area (TPSA) is 87.7 Å². The first-order valence-corrected chi connectivity index (χ1v) is 8.38. The summed E-state index contributed by atoms with van der Waals surface area (Å²) in [5.41, 5.74) is 0.925. The molecule has 126 valence electrons. The molecule has 1 aromatic rings. The first-order valence-electron chi connectivity index (χ1n) is 7.59. The SMILES string of the molecule is COc1ccc(Br)c(CNC(=O)NC2CCC(C(=O)O)CC2)c1. The fourth-order valence-electron chi connectivity index (χ4n) is 2.71. The highest BCUT2D eigenvalue weighted by Gasteiger charge is 2.26. The Balaban J connectivity index is 1.79. The molecular weight excluding hydrogens is 364 g/mol. The molecule has 0 bridgehead atoms. The third-order valence-corrected chi connectivity index (χ3v) is 4.88. The van der Waals surface area contributed by atoms with Crippen LogP contribution in [0.5, 0.6) is 5.75 Å². The number of ether oxygens (including phenoxy) is 1. The molecule has 2 rings (SSSR count). The van der Waals surface area contributed by atoms with Crippen molar-refractivity contribution >= 4 is 27.9 Å². The highest BCUT2D eigenvalue weighted by atomic mass is 79.9. The van der Waals surface area contributed by atoms with Crippen molar-refractivity contribution in [3.8, 4) is 5.75 Å². The highest BCUT2D eigenvalue weighted by molar-refractivity contribution is 9.10. The first-order chi connectivity index (χ1) is 11.0. The summed E-state index contributed by atoms with van der Waals surface area (Å²) >= 11 is 3.45. The van der Waals surface area contributed by atoms with Crippen molar-refractivity contribution < 1.29 is 19.4 Å². The molecule has 1 aliphatic carbocycles. The summed E-state index contributed by atoms with van der Waals surface area (Å²) in [7, 11) is 1.60. The van der Waals surface area contributed by atoms with Crippen molar-refractivity contribution in [2.75, 3.05) is 7.11 Å². The average Bonchev–Trinajstić information content (AvgIpc) is 2.54. The van der Waals surface area contributed by atoms with E-state index in [-0.39, 0.29) is 18.0 Å². The molecule has 1 fully saturated rings. The second kappa shape index (κ2) is 8.19. The molecule has 7 heteroatoms. The van der Waals surface area contributed by atoms with E-state index in [9.17, 15) is 9.59 Å². The summed E-state index contributed by atoms with van der Waals surface area (Å²) in [6.45, 7) is 0.383. The monoisotopic (exact) mass is 384 g/mol. The van der Waals surface area contributed by atoms with Gasteiger partial charge in [0.05, 0.1) is 13.0 Å². The molecule has 23 heavy (non-hydrogen) atoms. The van der Waals surface area contributed by atoms with Crippen LogP contribution in [0.2, 0.25) is 0 Å². The van der Waals surface area contributed by atoms with E-state index in [4.69, 9.17) is 9.84 Å². The number of methoxy groups -OCH3 is 1. The zero-order chi connectivity index (χ0) is 16.8. The van der Waals surface area contributed by atoms with Crippen molar-refractivity contribution in [2.45, 2.75) is 38.3 Å². The Morgan fingerprint density at radius 2 is 2.00 bits per heavy atom. The number of amides is 2. The Hall–Kier alpha value is -1.76. The molecule has 0 atom stereocenters. The van der Waals surface area contributed by atoms with Gasteiger partial charge in [0.1, 0.15) is 5.75 Å². The molecule has 1 aliphatic rings. The lowest BCUT2D eigenvalue weighted by atomic mass is 9.86. The van der Waals surface area contributed by atoms with E-state index in [1.807, 2.05) is 18.2 Å². The van der Waals surface area contributed by atoms with Crippen molar-refractivity contribution in [2.24, 2.45) is 5.92 Å². The van der Waals surface area contributed by atoms with Gasteiger partial charge in [-0.15, -0.1) is 0 Å². The lowest BCUT2D eigenvalue weighted by Gasteiger charge is -2.26. The summed E-state index contributed by atoms with van der Waals surface area (Å²) in [6, 6.07) is 5.38. The third-order valence-electron chi connectivity index (χ3n) is 4.10. The predicted octanol–water partition coefficient (Wildman–Crippen LogP) is 2.90. The van der Waals surface area contributed by atoms with Gasteiger partial charge in [-0.05, 0) is 49.4 Å². The number of carbonyl (C=O) groups is 2. The summed E-state index contributed by atoms with van der Waals surface area (Å²) < 4.78 is 6.07. The molecule has 3 N–H and O–H groups in total. The van der Waals surface area contributed by atoms with Crippen molar-refractivity contribution in [3.05, 3.63) is 28.2 Å². The minimum atomic E-state index is -0.740. The Morgan fingerprint density at radius 3 is 2.61 bits per heavy atom. The maximum absolute atomic E-state index is 12.0. The Kier molecular flexibility index (Phi) is 6.27. The molecule has 0 radical (unpaired) electrons.